The van der Waals surface area contributed by atoms with Crippen LogP contribution in [0.15, 0.2) is 48.7 Å². The van der Waals surface area contributed by atoms with Crippen LogP contribution in [-0.2, 0) is 12.5 Å². The van der Waals surface area contributed by atoms with Gasteiger partial charge < -0.3 is 4.57 Å². The molecule has 1 amide bonds. The van der Waals surface area contributed by atoms with Crippen LogP contribution in [0.3, 0.4) is 0 Å². The van der Waals surface area contributed by atoms with Gasteiger partial charge in [0.1, 0.15) is 11.5 Å². The zero-order valence-electron chi connectivity index (χ0n) is 13.6. The van der Waals surface area contributed by atoms with Gasteiger partial charge in [0.2, 0.25) is 0 Å². The summed E-state index contributed by atoms with van der Waals surface area (Å²) in [6.07, 6.45) is 1.66. The minimum Gasteiger partial charge on any atom is -0.330 e. The van der Waals surface area contributed by atoms with E-state index < -0.39 is 0 Å². The fourth-order valence-electron chi connectivity index (χ4n) is 3.71. The molecule has 0 unspecified atom stereocenters. The summed E-state index contributed by atoms with van der Waals surface area (Å²) in [4.78, 5) is 19.1. The van der Waals surface area contributed by atoms with Gasteiger partial charge in [-0.25, -0.2) is 0 Å². The van der Waals surface area contributed by atoms with Crippen molar-refractivity contribution < 1.29 is 4.79 Å². The van der Waals surface area contributed by atoms with Gasteiger partial charge in [-0.1, -0.05) is 38.1 Å². The standard InChI is InChI=1S/C19H19N3O/c1-19(2)12-22(18(23)14-9-6-7-11-20-14)17-16(19)13-8-4-5-10-15(13)21(17)3/h4-11H,12H2,1-3H3. The number of carbonyl (C=O) groups excluding carboxylic acids is 1. The number of fused-ring (bicyclic) bond motifs is 3. The van der Waals surface area contributed by atoms with E-state index in [9.17, 15) is 4.79 Å². The Balaban J connectivity index is 1.93. The molecular formula is C19H19N3O. The summed E-state index contributed by atoms with van der Waals surface area (Å²) in [6, 6.07) is 13.8. The van der Waals surface area contributed by atoms with Gasteiger partial charge >= 0.3 is 0 Å². The normalized spacial score (nSPS) is 15.9. The van der Waals surface area contributed by atoms with E-state index in [4.69, 9.17) is 0 Å². The summed E-state index contributed by atoms with van der Waals surface area (Å²) in [5.74, 6) is 0.954. The number of para-hydroxylation sites is 1. The third-order valence-electron chi connectivity index (χ3n) is 4.69. The van der Waals surface area contributed by atoms with Crippen LogP contribution in [0.1, 0.15) is 29.9 Å². The third-order valence-corrected chi connectivity index (χ3v) is 4.69. The fourth-order valence-corrected chi connectivity index (χ4v) is 3.71. The zero-order valence-corrected chi connectivity index (χ0v) is 13.6. The average Bonchev–Trinajstić information content (AvgIpc) is 3.02. The molecule has 0 atom stereocenters. The van der Waals surface area contributed by atoms with Crippen LogP contribution in [0.25, 0.3) is 10.9 Å². The molecule has 2 aromatic heterocycles. The molecule has 0 saturated carbocycles. The lowest BCUT2D eigenvalue weighted by Crippen LogP contribution is -2.35. The number of hydrogen-bond acceptors (Lipinski definition) is 2. The van der Waals surface area contributed by atoms with Crippen LogP contribution in [0.4, 0.5) is 5.82 Å². The van der Waals surface area contributed by atoms with E-state index in [-0.39, 0.29) is 11.3 Å². The molecule has 0 bridgehead atoms. The fraction of sp³-hybridized carbons (Fsp3) is 0.263. The minimum atomic E-state index is -0.0827. The van der Waals surface area contributed by atoms with Gasteiger partial charge in [0.05, 0.1) is 0 Å². The monoisotopic (exact) mass is 305 g/mol. The highest BCUT2D eigenvalue weighted by Gasteiger charge is 2.42. The quantitative estimate of drug-likeness (QED) is 0.690. The van der Waals surface area contributed by atoms with Crippen LogP contribution >= 0.6 is 0 Å². The number of amides is 1. The van der Waals surface area contributed by atoms with Crippen molar-refractivity contribution in [1.29, 1.82) is 0 Å². The van der Waals surface area contributed by atoms with Gasteiger partial charge in [0.15, 0.2) is 0 Å². The Bertz CT molecular complexity index is 909. The summed E-state index contributed by atoms with van der Waals surface area (Å²) < 4.78 is 2.13. The van der Waals surface area contributed by atoms with Gasteiger partial charge in [-0.15, -0.1) is 0 Å². The van der Waals surface area contributed by atoms with Crippen LogP contribution < -0.4 is 4.90 Å². The summed E-state index contributed by atoms with van der Waals surface area (Å²) in [6.45, 7) is 5.07. The number of carbonyl (C=O) groups is 1. The van der Waals surface area contributed by atoms with E-state index in [2.05, 4.69) is 41.6 Å². The number of nitrogens with zero attached hydrogens (tertiary/aromatic N) is 3. The second-order valence-electron chi connectivity index (χ2n) is 6.76. The molecule has 1 aliphatic rings. The minimum absolute atomic E-state index is 0.0386. The van der Waals surface area contributed by atoms with Gasteiger partial charge in [-0.2, -0.15) is 0 Å². The van der Waals surface area contributed by atoms with Gasteiger partial charge in [-0.3, -0.25) is 14.7 Å². The maximum Gasteiger partial charge on any atom is 0.278 e. The molecule has 4 rings (SSSR count). The Morgan fingerprint density at radius 2 is 1.87 bits per heavy atom. The van der Waals surface area contributed by atoms with Crippen LogP contribution in [-0.4, -0.2) is 22.0 Å². The van der Waals surface area contributed by atoms with Crippen molar-refractivity contribution in [3.05, 3.63) is 59.9 Å². The lowest BCUT2D eigenvalue weighted by Gasteiger charge is -2.22. The molecule has 0 aliphatic carbocycles. The van der Waals surface area contributed by atoms with Gasteiger partial charge in [-0.05, 0) is 18.2 Å². The first-order chi connectivity index (χ1) is 11.0. The predicted molar refractivity (Wildman–Crippen MR) is 91.9 cm³/mol. The van der Waals surface area contributed by atoms with E-state index in [1.807, 2.05) is 30.1 Å². The molecule has 116 valence electrons. The lowest BCUT2D eigenvalue weighted by molar-refractivity contribution is 0.0980. The molecular weight excluding hydrogens is 286 g/mol. The molecule has 1 aliphatic heterocycles. The highest BCUT2D eigenvalue weighted by Crippen LogP contribution is 2.46. The molecule has 0 fully saturated rings. The van der Waals surface area contributed by atoms with Crippen LogP contribution in [0.2, 0.25) is 0 Å². The Kier molecular flexibility index (Phi) is 2.85. The molecule has 3 aromatic rings. The maximum atomic E-state index is 13.0. The topological polar surface area (TPSA) is 38.1 Å². The van der Waals surface area contributed by atoms with E-state index in [0.717, 1.165) is 11.3 Å². The van der Waals surface area contributed by atoms with Crippen molar-refractivity contribution in [2.24, 2.45) is 7.05 Å². The number of anilines is 1. The SMILES string of the molecule is Cn1c2c(c3ccccc31)C(C)(C)CN2C(=O)c1ccccn1. The largest absolute Gasteiger partial charge is 0.330 e. The van der Waals surface area contributed by atoms with Crippen molar-refractivity contribution in [3.8, 4) is 0 Å². The van der Waals surface area contributed by atoms with Crippen molar-refractivity contribution in [2.45, 2.75) is 19.3 Å². The first kappa shape index (κ1) is 14.0. The van der Waals surface area contributed by atoms with Crippen molar-refractivity contribution in [1.82, 2.24) is 9.55 Å². The highest BCUT2D eigenvalue weighted by atomic mass is 16.2. The Labute approximate surface area is 135 Å². The summed E-state index contributed by atoms with van der Waals surface area (Å²) >= 11 is 0. The van der Waals surface area contributed by atoms with Crippen LogP contribution in [0, 0.1) is 0 Å². The molecule has 0 radical (unpaired) electrons. The van der Waals surface area contributed by atoms with E-state index >= 15 is 0 Å². The van der Waals surface area contributed by atoms with Crippen LogP contribution in [0.5, 0.6) is 0 Å². The van der Waals surface area contributed by atoms with Crippen molar-refractivity contribution in [3.63, 3.8) is 0 Å². The lowest BCUT2D eigenvalue weighted by atomic mass is 9.86. The highest BCUT2D eigenvalue weighted by molar-refractivity contribution is 6.09. The Morgan fingerprint density at radius 1 is 1.13 bits per heavy atom. The Hall–Kier alpha value is -2.62. The molecule has 4 nitrogen and oxygen atoms in total. The average molecular weight is 305 g/mol. The predicted octanol–water partition coefficient (Wildman–Crippen LogP) is 3.51. The number of aryl methyl sites for hydroxylation is 1. The van der Waals surface area contributed by atoms with Crippen molar-refractivity contribution in [2.75, 3.05) is 11.4 Å². The number of rotatable bonds is 1. The molecule has 0 N–H and O–H groups in total. The smallest absolute Gasteiger partial charge is 0.278 e. The van der Waals surface area contributed by atoms with Crippen molar-refractivity contribution >= 4 is 22.6 Å². The number of hydrogen-bond donors (Lipinski definition) is 0. The summed E-state index contributed by atoms with van der Waals surface area (Å²) in [5.41, 5.74) is 2.81. The van der Waals surface area contributed by atoms with E-state index in [1.54, 1.807) is 12.3 Å². The molecule has 0 saturated heterocycles. The molecule has 4 heteroatoms. The van der Waals surface area contributed by atoms with E-state index in [1.165, 1.54) is 10.9 Å². The Morgan fingerprint density at radius 3 is 2.61 bits per heavy atom. The van der Waals surface area contributed by atoms with E-state index in [0.29, 0.717) is 12.2 Å². The number of benzene rings is 1. The van der Waals surface area contributed by atoms with Gasteiger partial charge in [0.25, 0.3) is 5.91 Å². The molecule has 0 spiro atoms. The summed E-state index contributed by atoms with van der Waals surface area (Å²) in [5, 5.41) is 1.23. The molecule has 3 heterocycles. The zero-order chi connectivity index (χ0) is 16.2. The number of aromatic nitrogens is 2. The molecule has 1 aromatic carbocycles. The molecule has 23 heavy (non-hydrogen) atoms. The first-order valence-corrected chi connectivity index (χ1v) is 7.81. The second-order valence-corrected chi connectivity index (χ2v) is 6.76. The third kappa shape index (κ3) is 1.91. The number of pyridine rings is 1. The second kappa shape index (κ2) is 4.69. The van der Waals surface area contributed by atoms with Gasteiger partial charge in [0, 0.05) is 41.7 Å². The first-order valence-electron chi connectivity index (χ1n) is 7.81. The summed E-state index contributed by atoms with van der Waals surface area (Å²) in [7, 11) is 2.03. The maximum absolute atomic E-state index is 13.0.